The largest absolute Gasteiger partial charge is 0.478 e. The highest BCUT2D eigenvalue weighted by Gasteiger charge is 2.71. The molecule has 0 aliphatic heterocycles. The number of fused-ring (bicyclic) bond motifs is 7. The number of carboxylic acids is 1. The fourth-order valence-corrected chi connectivity index (χ4v) is 14.0. The molecule has 276 valence electrons. The third-order valence-corrected chi connectivity index (χ3v) is 16.5. The van der Waals surface area contributed by atoms with Crippen molar-refractivity contribution in [3.05, 3.63) is 53.6 Å². The Hall–Kier alpha value is -2.40. The van der Waals surface area contributed by atoms with Gasteiger partial charge in [0.15, 0.2) is 0 Å². The van der Waals surface area contributed by atoms with Gasteiger partial charge in [-0.25, -0.2) is 4.79 Å². The number of carbonyl (C=O) groups excluding carboxylic acids is 1. The van der Waals surface area contributed by atoms with Crippen LogP contribution in [0.5, 0.6) is 0 Å². The molecule has 0 spiro atoms. The second-order valence-corrected chi connectivity index (χ2v) is 19.4. The first-order valence-electron chi connectivity index (χ1n) is 20.1. The lowest BCUT2D eigenvalue weighted by Crippen LogP contribution is -2.66. The number of carbonyl (C=O) groups is 2. The maximum Gasteiger partial charge on any atom is 0.335 e. The van der Waals surface area contributed by atoms with Crippen LogP contribution in [-0.4, -0.2) is 47.1 Å². The highest BCUT2D eigenvalue weighted by molar-refractivity contribution is 5.88. The molecular weight excluding hydrogens is 617 g/mol. The Kier molecular flexibility index (Phi) is 9.65. The molecule has 5 aliphatic rings. The molecule has 0 radical (unpaired) electrons. The van der Waals surface area contributed by atoms with Crippen LogP contribution in [0.1, 0.15) is 143 Å². The Morgan fingerprint density at radius 1 is 0.880 bits per heavy atom. The topological polar surface area (TPSA) is 69.6 Å². The van der Waals surface area contributed by atoms with E-state index >= 15 is 0 Å². The standard InChI is InChI=1S/C45H68N2O3/c1-28(2)33-18-23-45(40(50)46-26-27-47(29(3)4)30(5)6)25-24-43(10)35(38(33)45)16-17-37-42(9)21-19-34(31-12-14-32(15-13-31)39(48)49)41(7,8)36(42)20-22-44(37,43)11/h12-15,19,29-30,33,35-38H,1,16-18,20-27H2,2-11H3,(H,46,50)(H,48,49)/t33-,35?,36?,37?,38?,42-,43+,44+,45-/m0/s1. The second kappa shape index (κ2) is 12.9. The van der Waals surface area contributed by atoms with Gasteiger partial charge in [-0.05, 0) is 167 Å². The van der Waals surface area contributed by atoms with E-state index in [1.807, 2.05) is 12.1 Å². The molecule has 0 aromatic heterocycles. The number of hydrogen-bond donors (Lipinski definition) is 2. The molecule has 1 amide bonds. The van der Waals surface area contributed by atoms with Crippen LogP contribution in [-0.2, 0) is 4.79 Å². The molecule has 5 heteroatoms. The van der Waals surface area contributed by atoms with Gasteiger partial charge >= 0.3 is 5.97 Å². The zero-order valence-corrected chi connectivity index (χ0v) is 33.1. The first-order valence-corrected chi connectivity index (χ1v) is 20.1. The van der Waals surface area contributed by atoms with Crippen molar-refractivity contribution < 1.29 is 14.7 Å². The monoisotopic (exact) mass is 685 g/mol. The number of allylic oxidation sites excluding steroid dienone is 3. The van der Waals surface area contributed by atoms with Crippen LogP contribution in [0.3, 0.4) is 0 Å². The van der Waals surface area contributed by atoms with Crippen molar-refractivity contribution in [2.75, 3.05) is 13.1 Å². The molecule has 4 unspecified atom stereocenters. The summed E-state index contributed by atoms with van der Waals surface area (Å²) in [5, 5.41) is 13.0. The zero-order chi connectivity index (χ0) is 36.6. The van der Waals surface area contributed by atoms with Gasteiger partial charge in [-0.15, -0.1) is 0 Å². The number of aromatic carboxylic acids is 1. The molecule has 4 saturated carbocycles. The minimum absolute atomic E-state index is 0.00610. The minimum atomic E-state index is -0.871. The summed E-state index contributed by atoms with van der Waals surface area (Å²) in [6.45, 7) is 30.3. The number of benzene rings is 1. The van der Waals surface area contributed by atoms with Gasteiger partial charge in [-0.1, -0.05) is 65.0 Å². The van der Waals surface area contributed by atoms with Gasteiger partial charge in [0.25, 0.3) is 0 Å². The summed E-state index contributed by atoms with van der Waals surface area (Å²) in [7, 11) is 0. The van der Waals surface area contributed by atoms with Gasteiger partial charge in [-0.2, -0.15) is 0 Å². The average molecular weight is 685 g/mol. The lowest BCUT2D eigenvalue weighted by atomic mass is 9.32. The van der Waals surface area contributed by atoms with E-state index < -0.39 is 5.97 Å². The predicted octanol–water partition coefficient (Wildman–Crippen LogP) is 10.3. The molecular formula is C45H68N2O3. The zero-order valence-electron chi connectivity index (χ0n) is 33.1. The first-order chi connectivity index (χ1) is 23.3. The van der Waals surface area contributed by atoms with Crippen LogP contribution >= 0.6 is 0 Å². The molecule has 1 aromatic rings. The number of amides is 1. The molecule has 0 heterocycles. The molecule has 1 aromatic carbocycles. The quantitative estimate of drug-likeness (QED) is 0.254. The lowest BCUT2D eigenvalue weighted by molar-refractivity contribution is -0.225. The van der Waals surface area contributed by atoms with Crippen molar-refractivity contribution in [2.24, 2.45) is 56.7 Å². The van der Waals surface area contributed by atoms with Crippen LogP contribution < -0.4 is 5.32 Å². The van der Waals surface area contributed by atoms with Crippen LogP contribution in [0, 0.1) is 56.7 Å². The Bertz CT molecular complexity index is 1510. The number of nitrogens with zero attached hydrogens (tertiary/aromatic N) is 1. The van der Waals surface area contributed by atoms with Crippen molar-refractivity contribution in [1.29, 1.82) is 0 Å². The smallest absolute Gasteiger partial charge is 0.335 e. The second-order valence-electron chi connectivity index (χ2n) is 19.4. The van der Waals surface area contributed by atoms with Crippen LogP contribution in [0.25, 0.3) is 5.57 Å². The summed E-state index contributed by atoms with van der Waals surface area (Å²) in [5.74, 6) is 1.97. The van der Waals surface area contributed by atoms with Gasteiger partial charge in [0.1, 0.15) is 0 Å². The van der Waals surface area contributed by atoms with Gasteiger partial charge in [0.05, 0.1) is 11.0 Å². The van der Waals surface area contributed by atoms with E-state index in [0.717, 1.165) is 45.2 Å². The summed E-state index contributed by atoms with van der Waals surface area (Å²) in [6.07, 6.45) is 12.7. The number of hydrogen-bond acceptors (Lipinski definition) is 3. The van der Waals surface area contributed by atoms with Crippen molar-refractivity contribution in [2.45, 2.75) is 139 Å². The van der Waals surface area contributed by atoms with Crippen LogP contribution in [0.4, 0.5) is 0 Å². The number of carboxylic acid groups (broad SMARTS) is 1. The van der Waals surface area contributed by atoms with Crippen LogP contribution in [0.2, 0.25) is 0 Å². The predicted molar refractivity (Wildman–Crippen MR) is 206 cm³/mol. The molecule has 6 rings (SSSR count). The van der Waals surface area contributed by atoms with E-state index in [-0.39, 0.29) is 27.1 Å². The van der Waals surface area contributed by atoms with E-state index in [4.69, 9.17) is 0 Å². The van der Waals surface area contributed by atoms with Gasteiger partial charge < -0.3 is 10.4 Å². The summed E-state index contributed by atoms with van der Waals surface area (Å²) in [6, 6.07) is 8.49. The van der Waals surface area contributed by atoms with Gasteiger partial charge in [0.2, 0.25) is 5.91 Å². The molecule has 50 heavy (non-hydrogen) atoms. The average Bonchev–Trinajstić information content (AvgIpc) is 3.44. The Labute approximate surface area is 304 Å². The summed E-state index contributed by atoms with van der Waals surface area (Å²) < 4.78 is 0. The summed E-state index contributed by atoms with van der Waals surface area (Å²) in [5.41, 5.74) is 4.49. The number of rotatable bonds is 9. The molecule has 0 saturated heterocycles. The van der Waals surface area contributed by atoms with Crippen molar-refractivity contribution in [3.63, 3.8) is 0 Å². The SMILES string of the molecule is C=C(C)[C@@H]1CC[C@]2(C(=O)NCCN(C(C)C)C(C)C)CC[C@]3(C)C(CCC4[C@@]5(C)CC=C(c6ccc(C(=O)O)cc6)C(C)(C)C5CC[C@]43C)C12. The maximum absolute atomic E-state index is 14.5. The van der Waals surface area contributed by atoms with E-state index in [1.54, 1.807) is 12.1 Å². The minimum Gasteiger partial charge on any atom is -0.478 e. The molecule has 5 aliphatic carbocycles. The Balaban J connectivity index is 1.29. The van der Waals surface area contributed by atoms with Gasteiger partial charge in [-0.3, -0.25) is 9.69 Å². The van der Waals surface area contributed by atoms with E-state index in [1.165, 1.54) is 42.4 Å². The molecule has 4 fully saturated rings. The van der Waals surface area contributed by atoms with Crippen molar-refractivity contribution in [1.82, 2.24) is 10.2 Å². The van der Waals surface area contributed by atoms with E-state index in [2.05, 4.69) is 92.1 Å². The normalized spacial score (nSPS) is 38.9. The van der Waals surface area contributed by atoms with Crippen molar-refractivity contribution in [3.8, 4) is 0 Å². The van der Waals surface area contributed by atoms with Crippen molar-refractivity contribution >= 4 is 17.4 Å². The lowest BCUT2D eigenvalue weighted by Gasteiger charge is -2.72. The van der Waals surface area contributed by atoms with Gasteiger partial charge in [0, 0.05) is 25.2 Å². The molecule has 9 atom stereocenters. The van der Waals surface area contributed by atoms with E-state index in [0.29, 0.717) is 53.1 Å². The fraction of sp³-hybridized carbons (Fsp3) is 0.733. The Morgan fingerprint density at radius 2 is 1.54 bits per heavy atom. The number of nitrogens with one attached hydrogen (secondary N) is 1. The highest BCUT2D eigenvalue weighted by Crippen LogP contribution is 2.77. The molecule has 5 nitrogen and oxygen atoms in total. The fourth-order valence-electron chi connectivity index (χ4n) is 14.0. The third-order valence-electron chi connectivity index (χ3n) is 16.5. The molecule has 2 N–H and O–H groups in total. The highest BCUT2D eigenvalue weighted by atomic mass is 16.4. The third kappa shape index (κ3) is 5.48. The summed E-state index contributed by atoms with van der Waals surface area (Å²) in [4.78, 5) is 28.6. The van der Waals surface area contributed by atoms with Crippen LogP contribution in [0.15, 0.2) is 42.5 Å². The Morgan fingerprint density at radius 3 is 2.14 bits per heavy atom. The van der Waals surface area contributed by atoms with E-state index in [9.17, 15) is 14.7 Å². The maximum atomic E-state index is 14.5. The first kappa shape index (κ1) is 37.4. The summed E-state index contributed by atoms with van der Waals surface area (Å²) >= 11 is 0. The molecule has 0 bridgehead atoms.